The first-order chi connectivity index (χ1) is 12.1. The Kier molecular flexibility index (Phi) is 6.01. The summed E-state index contributed by atoms with van der Waals surface area (Å²) in [6, 6.07) is 13.8. The summed E-state index contributed by atoms with van der Waals surface area (Å²) in [5, 5.41) is 0.953. The van der Waals surface area contributed by atoms with Crippen LogP contribution in [0.25, 0.3) is 0 Å². The lowest BCUT2D eigenvalue weighted by Gasteiger charge is -2.03. The van der Waals surface area contributed by atoms with E-state index in [0.717, 1.165) is 22.7 Å². The summed E-state index contributed by atoms with van der Waals surface area (Å²) in [4.78, 5) is 6.67. The van der Waals surface area contributed by atoms with Crippen LogP contribution >= 0.6 is 22.7 Å². The molecule has 0 fully saturated rings. The molecule has 1 aromatic carbocycles. The summed E-state index contributed by atoms with van der Waals surface area (Å²) in [7, 11) is -3.42. The molecule has 4 nitrogen and oxygen atoms in total. The van der Waals surface area contributed by atoms with Crippen molar-refractivity contribution >= 4 is 32.7 Å². The fourth-order valence-electron chi connectivity index (χ4n) is 2.40. The fraction of sp³-hybridized carbons (Fsp3) is 0.278. The first-order valence-corrected chi connectivity index (χ1v) is 11.2. The van der Waals surface area contributed by atoms with Crippen molar-refractivity contribution < 1.29 is 8.42 Å². The van der Waals surface area contributed by atoms with Crippen LogP contribution in [0.5, 0.6) is 0 Å². The van der Waals surface area contributed by atoms with Gasteiger partial charge in [0.25, 0.3) is 0 Å². The maximum atomic E-state index is 12.3. The maximum Gasteiger partial charge on any atom is 0.250 e. The number of nitrogens with one attached hydrogen (secondary N) is 1. The van der Waals surface area contributed by atoms with Gasteiger partial charge >= 0.3 is 0 Å². The smallest absolute Gasteiger partial charge is 0.249 e. The number of rotatable bonds is 8. The van der Waals surface area contributed by atoms with E-state index in [1.54, 1.807) is 17.4 Å². The highest BCUT2D eigenvalue weighted by molar-refractivity contribution is 7.91. The minimum atomic E-state index is -3.42. The molecule has 3 rings (SSSR count). The van der Waals surface area contributed by atoms with Gasteiger partial charge in [-0.05, 0) is 24.1 Å². The second-order valence-corrected chi connectivity index (χ2v) is 9.97. The lowest BCUT2D eigenvalue weighted by atomic mass is 10.1. The Labute approximate surface area is 156 Å². The highest BCUT2D eigenvalue weighted by Crippen LogP contribution is 2.22. The molecule has 0 aliphatic rings. The van der Waals surface area contributed by atoms with Crippen LogP contribution in [0.3, 0.4) is 0 Å². The van der Waals surface area contributed by atoms with Gasteiger partial charge in [0.1, 0.15) is 4.21 Å². The van der Waals surface area contributed by atoms with Crippen LogP contribution in [0.4, 0.5) is 0 Å². The summed E-state index contributed by atoms with van der Waals surface area (Å²) >= 11 is 2.97. The zero-order chi connectivity index (χ0) is 17.7. The number of nitrogens with zero attached hydrogens (tertiary/aromatic N) is 1. The van der Waals surface area contributed by atoms with Gasteiger partial charge in [-0.3, -0.25) is 0 Å². The van der Waals surface area contributed by atoms with Crippen LogP contribution in [0.15, 0.2) is 52.9 Å². The van der Waals surface area contributed by atoms with E-state index in [-0.39, 0.29) is 0 Å². The number of thiophene rings is 1. The lowest BCUT2D eigenvalue weighted by Crippen LogP contribution is -2.25. The number of aromatic nitrogens is 1. The molecule has 2 heterocycles. The molecule has 0 spiro atoms. The summed E-state index contributed by atoms with van der Waals surface area (Å²) in [6.45, 7) is 2.38. The molecule has 0 amide bonds. The minimum absolute atomic E-state index is 0.361. The molecular formula is C18H20N2O2S3. The van der Waals surface area contributed by atoms with Gasteiger partial charge in [0.2, 0.25) is 10.0 Å². The van der Waals surface area contributed by atoms with Gasteiger partial charge in [0.15, 0.2) is 0 Å². The van der Waals surface area contributed by atoms with Gasteiger partial charge in [-0.1, -0.05) is 37.3 Å². The number of thiazole rings is 1. The number of sulfonamides is 1. The Hall–Kier alpha value is -1.54. The monoisotopic (exact) mass is 392 g/mol. The van der Waals surface area contributed by atoms with Gasteiger partial charge in [-0.15, -0.1) is 22.7 Å². The molecule has 7 heteroatoms. The second-order valence-electron chi connectivity index (χ2n) is 5.60. The van der Waals surface area contributed by atoms with Gasteiger partial charge in [0, 0.05) is 35.3 Å². The van der Waals surface area contributed by atoms with Crippen molar-refractivity contribution in [2.24, 2.45) is 0 Å². The van der Waals surface area contributed by atoms with E-state index in [4.69, 9.17) is 0 Å². The van der Waals surface area contributed by atoms with Crippen molar-refractivity contribution in [1.29, 1.82) is 0 Å². The molecule has 0 aliphatic heterocycles. The predicted molar refractivity (Wildman–Crippen MR) is 104 cm³/mol. The Morgan fingerprint density at radius 1 is 1.04 bits per heavy atom. The van der Waals surface area contributed by atoms with Crippen LogP contribution in [0, 0.1) is 0 Å². The zero-order valence-electron chi connectivity index (χ0n) is 13.9. The summed E-state index contributed by atoms with van der Waals surface area (Å²) in [6.07, 6.45) is 4.20. The Bertz CT molecular complexity index is 915. The number of benzene rings is 1. The molecule has 0 saturated heterocycles. The van der Waals surface area contributed by atoms with E-state index < -0.39 is 10.0 Å². The molecule has 0 bridgehead atoms. The molecule has 1 N–H and O–H groups in total. The molecule has 2 aromatic heterocycles. The molecule has 132 valence electrons. The summed E-state index contributed by atoms with van der Waals surface area (Å²) in [5.41, 5.74) is 1.25. The fourth-order valence-corrected chi connectivity index (χ4v) is 5.73. The van der Waals surface area contributed by atoms with Crippen LogP contribution in [0.1, 0.15) is 27.2 Å². The predicted octanol–water partition coefficient (Wildman–Crippen LogP) is 3.88. The van der Waals surface area contributed by atoms with E-state index in [1.807, 2.05) is 37.4 Å². The Morgan fingerprint density at radius 2 is 1.84 bits per heavy atom. The first kappa shape index (κ1) is 18.3. The first-order valence-electron chi connectivity index (χ1n) is 8.12. The van der Waals surface area contributed by atoms with Gasteiger partial charge in [-0.2, -0.15) is 0 Å². The van der Waals surface area contributed by atoms with Crippen molar-refractivity contribution in [1.82, 2.24) is 9.71 Å². The van der Waals surface area contributed by atoms with Crippen LogP contribution in [0.2, 0.25) is 0 Å². The third-order valence-electron chi connectivity index (χ3n) is 3.70. The summed E-state index contributed by atoms with van der Waals surface area (Å²) in [5.74, 6) is 0. The quantitative estimate of drug-likeness (QED) is 0.633. The molecular weight excluding hydrogens is 372 g/mol. The van der Waals surface area contributed by atoms with Crippen molar-refractivity contribution in [3.05, 3.63) is 69.0 Å². The zero-order valence-corrected chi connectivity index (χ0v) is 16.4. The molecule has 25 heavy (non-hydrogen) atoms. The number of aryl methyl sites for hydroxylation is 1. The van der Waals surface area contributed by atoms with E-state index >= 15 is 0 Å². The van der Waals surface area contributed by atoms with Gasteiger partial charge in [-0.25, -0.2) is 18.1 Å². The highest BCUT2D eigenvalue weighted by Gasteiger charge is 2.16. The van der Waals surface area contributed by atoms with E-state index in [1.165, 1.54) is 21.8 Å². The minimum Gasteiger partial charge on any atom is -0.249 e. The number of hydrogen-bond acceptors (Lipinski definition) is 5. The number of hydrogen-bond donors (Lipinski definition) is 1. The van der Waals surface area contributed by atoms with Gasteiger partial charge in [0.05, 0.1) is 5.01 Å². The van der Waals surface area contributed by atoms with Crippen molar-refractivity contribution in [2.75, 3.05) is 6.54 Å². The highest BCUT2D eigenvalue weighted by atomic mass is 32.2. The third kappa shape index (κ3) is 4.98. The molecule has 0 atom stereocenters. The van der Waals surface area contributed by atoms with Crippen LogP contribution in [-0.4, -0.2) is 19.9 Å². The summed E-state index contributed by atoms with van der Waals surface area (Å²) < 4.78 is 27.6. The standard InChI is InChI=1S/C18H20N2O2S3/c1-2-15-8-9-18(24-15)25(21,22)20-11-10-17-19-13-16(23-17)12-14-6-4-3-5-7-14/h3-9,13,20H,2,10-12H2,1H3. The van der Waals surface area contributed by atoms with Crippen molar-refractivity contribution in [3.8, 4) is 0 Å². The lowest BCUT2D eigenvalue weighted by molar-refractivity contribution is 0.583. The largest absolute Gasteiger partial charge is 0.250 e. The average molecular weight is 393 g/mol. The molecule has 3 aromatic rings. The van der Waals surface area contributed by atoms with Crippen molar-refractivity contribution in [2.45, 2.75) is 30.4 Å². The Balaban J connectivity index is 1.54. The van der Waals surface area contributed by atoms with Crippen molar-refractivity contribution in [3.63, 3.8) is 0 Å². The maximum absolute atomic E-state index is 12.3. The SMILES string of the molecule is CCc1ccc(S(=O)(=O)NCCc2ncc(Cc3ccccc3)s2)s1. The molecule has 0 radical (unpaired) electrons. The second kappa shape index (κ2) is 8.23. The Morgan fingerprint density at radius 3 is 2.56 bits per heavy atom. The average Bonchev–Trinajstić information content (AvgIpc) is 3.25. The van der Waals surface area contributed by atoms with Gasteiger partial charge < -0.3 is 0 Å². The normalized spacial score (nSPS) is 11.7. The van der Waals surface area contributed by atoms with Crippen LogP contribution in [-0.2, 0) is 29.3 Å². The van der Waals surface area contributed by atoms with E-state index in [2.05, 4.69) is 21.8 Å². The topological polar surface area (TPSA) is 59.1 Å². The molecule has 0 saturated carbocycles. The molecule has 0 aliphatic carbocycles. The third-order valence-corrected chi connectivity index (χ3v) is 7.94. The van der Waals surface area contributed by atoms with E-state index in [9.17, 15) is 8.42 Å². The van der Waals surface area contributed by atoms with Crippen LogP contribution < -0.4 is 4.72 Å². The molecule has 0 unspecified atom stereocenters. The van der Waals surface area contributed by atoms with E-state index in [0.29, 0.717) is 17.2 Å².